The number of unbranched alkanes of at least 4 members (excludes halogenated alkanes) is 1. The normalized spacial score (nSPS) is 10.9. The molecule has 0 bridgehead atoms. The van der Waals surface area contributed by atoms with E-state index in [0.717, 1.165) is 18.4 Å². The Morgan fingerprint density at radius 2 is 1.78 bits per heavy atom. The summed E-state index contributed by atoms with van der Waals surface area (Å²) in [5.74, 6) is 0.0217. The van der Waals surface area contributed by atoms with Gasteiger partial charge in [0, 0.05) is 24.1 Å². The number of hydrogen-bond acceptors (Lipinski definition) is 3. The summed E-state index contributed by atoms with van der Waals surface area (Å²) in [5.41, 5.74) is 2.29. The van der Waals surface area contributed by atoms with Crippen LogP contribution in [0.15, 0.2) is 60.7 Å². The first-order valence-electron chi connectivity index (χ1n) is 10.9. The number of rotatable bonds is 9. The fourth-order valence-corrected chi connectivity index (χ4v) is 3.58. The zero-order valence-corrected chi connectivity index (χ0v) is 19.5. The van der Waals surface area contributed by atoms with Crippen molar-refractivity contribution in [2.75, 3.05) is 18.4 Å². The molecular weight excluding hydrogens is 424 g/mol. The average Bonchev–Trinajstić information content (AvgIpc) is 3.20. The first kappa shape index (κ1) is 23.5. The monoisotopic (exact) mass is 452 g/mol. The van der Waals surface area contributed by atoms with Crippen LogP contribution >= 0.6 is 11.6 Å². The summed E-state index contributed by atoms with van der Waals surface area (Å²) in [7, 11) is 0. The van der Waals surface area contributed by atoms with Gasteiger partial charge >= 0.3 is 0 Å². The molecule has 0 saturated heterocycles. The zero-order valence-electron chi connectivity index (χ0n) is 18.7. The molecule has 0 atom stereocenters. The second-order valence-electron chi connectivity index (χ2n) is 7.96. The van der Waals surface area contributed by atoms with E-state index in [1.807, 2.05) is 68.4 Å². The third-order valence-corrected chi connectivity index (χ3v) is 5.37. The first-order chi connectivity index (χ1) is 15.4. The predicted molar refractivity (Wildman–Crippen MR) is 129 cm³/mol. The van der Waals surface area contributed by atoms with Crippen LogP contribution in [-0.4, -0.2) is 39.6 Å². The molecule has 6 nitrogen and oxygen atoms in total. The Bertz CT molecular complexity index is 1060. The number of halogens is 1. The topological polar surface area (TPSA) is 67.2 Å². The van der Waals surface area contributed by atoms with Gasteiger partial charge in [0.1, 0.15) is 5.82 Å². The lowest BCUT2D eigenvalue weighted by Crippen LogP contribution is -2.40. The van der Waals surface area contributed by atoms with Crippen LogP contribution in [0.1, 0.15) is 33.6 Å². The number of hydrogen-bond donors (Lipinski definition) is 1. The Hall–Kier alpha value is -3.12. The number of benzene rings is 2. The van der Waals surface area contributed by atoms with Crippen LogP contribution in [0.25, 0.3) is 16.9 Å². The van der Waals surface area contributed by atoms with Gasteiger partial charge in [-0.25, -0.2) is 4.68 Å². The van der Waals surface area contributed by atoms with E-state index < -0.39 is 0 Å². The molecule has 1 heterocycles. The van der Waals surface area contributed by atoms with Gasteiger partial charge in [-0.3, -0.25) is 9.59 Å². The molecule has 0 aliphatic carbocycles. The molecule has 168 valence electrons. The van der Waals surface area contributed by atoms with Gasteiger partial charge in [0.15, 0.2) is 0 Å². The summed E-state index contributed by atoms with van der Waals surface area (Å²) < 4.78 is 1.63. The molecule has 1 N–H and O–H groups in total. The Kier molecular flexibility index (Phi) is 8.06. The lowest BCUT2D eigenvalue weighted by molar-refractivity contribution is -0.137. The Morgan fingerprint density at radius 3 is 2.44 bits per heavy atom. The van der Waals surface area contributed by atoms with Gasteiger partial charge < -0.3 is 10.2 Å². The fraction of sp³-hybridized carbons (Fsp3) is 0.320. The molecule has 0 fully saturated rings. The van der Waals surface area contributed by atoms with Gasteiger partial charge in [-0.2, -0.15) is 5.10 Å². The summed E-state index contributed by atoms with van der Waals surface area (Å²) in [6.45, 7) is 6.30. The number of amides is 2. The van der Waals surface area contributed by atoms with Crippen LogP contribution in [0.3, 0.4) is 0 Å². The summed E-state index contributed by atoms with van der Waals surface area (Å²) in [6.07, 6.45) is 1.80. The van der Waals surface area contributed by atoms with Gasteiger partial charge in [-0.1, -0.05) is 81.3 Å². The molecule has 2 aromatic carbocycles. The number of anilines is 1. The molecule has 2 amide bonds. The third kappa shape index (κ3) is 5.77. The lowest BCUT2D eigenvalue weighted by Gasteiger charge is -2.24. The van der Waals surface area contributed by atoms with Crippen LogP contribution < -0.4 is 5.32 Å². The Labute approximate surface area is 194 Å². The largest absolute Gasteiger partial charge is 0.333 e. The maximum atomic E-state index is 12.9. The van der Waals surface area contributed by atoms with E-state index in [0.29, 0.717) is 28.8 Å². The standard InChI is InChI=1S/C25H29ClN4O2/c1-4-5-15-29(25(32)18(2)3)17-24(31)27-23-16-21(19-11-7-6-8-12-19)28-30(23)22-14-10-9-13-20(22)26/h6-14,16,18H,4-5,15,17H2,1-3H3,(H,27,31). The van der Waals surface area contributed by atoms with Crippen molar-refractivity contribution in [2.24, 2.45) is 5.92 Å². The highest BCUT2D eigenvalue weighted by atomic mass is 35.5. The minimum absolute atomic E-state index is 0.00855. The van der Waals surface area contributed by atoms with E-state index in [4.69, 9.17) is 16.7 Å². The highest BCUT2D eigenvalue weighted by Crippen LogP contribution is 2.28. The SMILES string of the molecule is CCCCN(CC(=O)Nc1cc(-c2ccccc2)nn1-c1ccccc1Cl)C(=O)C(C)C. The van der Waals surface area contributed by atoms with E-state index in [1.165, 1.54) is 0 Å². The van der Waals surface area contributed by atoms with E-state index in [2.05, 4.69) is 12.2 Å². The quantitative estimate of drug-likeness (QED) is 0.471. The maximum Gasteiger partial charge on any atom is 0.245 e. The van der Waals surface area contributed by atoms with E-state index in [1.54, 1.807) is 15.6 Å². The third-order valence-electron chi connectivity index (χ3n) is 5.05. The first-order valence-corrected chi connectivity index (χ1v) is 11.3. The number of para-hydroxylation sites is 1. The predicted octanol–water partition coefficient (Wildman–Crippen LogP) is 5.42. The minimum atomic E-state index is -0.275. The molecule has 32 heavy (non-hydrogen) atoms. The summed E-state index contributed by atoms with van der Waals surface area (Å²) in [5, 5.41) is 8.15. The van der Waals surface area contributed by atoms with Gasteiger partial charge in [0.05, 0.1) is 22.9 Å². The van der Waals surface area contributed by atoms with E-state index >= 15 is 0 Å². The number of carbonyl (C=O) groups is 2. The number of aromatic nitrogens is 2. The Balaban J connectivity index is 1.90. The molecule has 0 aliphatic heterocycles. The van der Waals surface area contributed by atoms with Crippen molar-refractivity contribution in [1.29, 1.82) is 0 Å². The zero-order chi connectivity index (χ0) is 23.1. The minimum Gasteiger partial charge on any atom is -0.333 e. The van der Waals surface area contributed by atoms with Crippen molar-refractivity contribution >= 4 is 29.2 Å². The van der Waals surface area contributed by atoms with Gasteiger partial charge in [0.2, 0.25) is 11.8 Å². The number of nitrogens with zero attached hydrogens (tertiary/aromatic N) is 3. The van der Waals surface area contributed by atoms with Crippen molar-refractivity contribution in [1.82, 2.24) is 14.7 Å². The average molecular weight is 453 g/mol. The summed E-state index contributed by atoms with van der Waals surface area (Å²) in [4.78, 5) is 27.1. The van der Waals surface area contributed by atoms with Crippen molar-refractivity contribution in [3.8, 4) is 16.9 Å². The molecule has 1 aromatic heterocycles. The summed E-state index contributed by atoms with van der Waals surface area (Å²) in [6, 6.07) is 18.9. The lowest BCUT2D eigenvalue weighted by atomic mass is 10.1. The maximum absolute atomic E-state index is 12.9. The fourth-order valence-electron chi connectivity index (χ4n) is 3.36. The molecule has 7 heteroatoms. The van der Waals surface area contributed by atoms with Crippen LogP contribution in [-0.2, 0) is 9.59 Å². The highest BCUT2D eigenvalue weighted by Gasteiger charge is 2.21. The van der Waals surface area contributed by atoms with Crippen LogP contribution in [0, 0.1) is 5.92 Å². The molecule has 0 aliphatic rings. The van der Waals surface area contributed by atoms with Crippen molar-refractivity contribution in [3.63, 3.8) is 0 Å². The highest BCUT2D eigenvalue weighted by molar-refractivity contribution is 6.32. The molecule has 0 spiro atoms. The van der Waals surface area contributed by atoms with Crippen LogP contribution in [0.5, 0.6) is 0 Å². The second-order valence-corrected chi connectivity index (χ2v) is 8.37. The summed E-state index contributed by atoms with van der Waals surface area (Å²) >= 11 is 6.41. The van der Waals surface area contributed by atoms with Crippen molar-refractivity contribution < 1.29 is 9.59 Å². The number of nitrogens with one attached hydrogen (secondary N) is 1. The Morgan fingerprint density at radius 1 is 1.09 bits per heavy atom. The van der Waals surface area contributed by atoms with Gasteiger partial charge in [-0.05, 0) is 18.6 Å². The van der Waals surface area contributed by atoms with E-state index in [-0.39, 0.29) is 24.3 Å². The van der Waals surface area contributed by atoms with Crippen molar-refractivity contribution in [3.05, 3.63) is 65.7 Å². The smallest absolute Gasteiger partial charge is 0.245 e. The molecule has 0 unspecified atom stereocenters. The van der Waals surface area contributed by atoms with Gasteiger partial charge in [-0.15, -0.1) is 0 Å². The molecule has 3 aromatic rings. The second kappa shape index (κ2) is 11.0. The molecule has 0 saturated carbocycles. The van der Waals surface area contributed by atoms with Gasteiger partial charge in [0.25, 0.3) is 0 Å². The van der Waals surface area contributed by atoms with Crippen LogP contribution in [0.4, 0.5) is 5.82 Å². The number of carbonyl (C=O) groups excluding carboxylic acids is 2. The molecule has 3 rings (SSSR count). The molecular formula is C25H29ClN4O2. The van der Waals surface area contributed by atoms with Crippen LogP contribution in [0.2, 0.25) is 5.02 Å². The molecule has 0 radical (unpaired) electrons. The van der Waals surface area contributed by atoms with E-state index in [9.17, 15) is 9.59 Å². The van der Waals surface area contributed by atoms with Crippen molar-refractivity contribution in [2.45, 2.75) is 33.6 Å².